The van der Waals surface area contributed by atoms with Crippen LogP contribution in [0.3, 0.4) is 0 Å². The molecule has 7 heteroatoms. The molecule has 0 saturated carbocycles. The fraction of sp³-hybridized carbons (Fsp3) is 0.471. The van der Waals surface area contributed by atoms with Crippen molar-refractivity contribution in [2.24, 2.45) is 0 Å². The molecular weight excluding hydrogens is 308 g/mol. The molecule has 1 fully saturated rings. The van der Waals surface area contributed by atoms with Crippen LogP contribution in [0.15, 0.2) is 27.8 Å². The molecule has 128 valence electrons. The number of nitrogens with zero attached hydrogens (tertiary/aromatic N) is 2. The van der Waals surface area contributed by atoms with Gasteiger partial charge in [-0.3, -0.25) is 14.2 Å². The highest BCUT2D eigenvalue weighted by Gasteiger charge is 2.23. The van der Waals surface area contributed by atoms with Crippen LogP contribution in [-0.4, -0.2) is 46.5 Å². The van der Waals surface area contributed by atoms with Gasteiger partial charge in [0.15, 0.2) is 0 Å². The number of amides is 1. The summed E-state index contributed by atoms with van der Waals surface area (Å²) in [7, 11) is 1.81. The molecular formula is C17H22N4O3. The molecule has 2 aromatic rings. The highest BCUT2D eigenvalue weighted by molar-refractivity contribution is 5.97. The summed E-state index contributed by atoms with van der Waals surface area (Å²) in [6.45, 7) is 3.87. The van der Waals surface area contributed by atoms with E-state index < -0.39 is 5.69 Å². The van der Waals surface area contributed by atoms with Crippen LogP contribution in [0.5, 0.6) is 0 Å². The number of H-pyrrole nitrogens is 1. The normalized spacial score (nSPS) is 15.6. The summed E-state index contributed by atoms with van der Waals surface area (Å²) in [5, 5.41) is 3.70. The molecule has 0 aliphatic carbocycles. The first kappa shape index (κ1) is 16.4. The SMILES string of the molecule is CCn1c(=O)[nH]c2cc(C(=O)N(C)C3CCNCC3)ccc2c1=O. The summed E-state index contributed by atoms with van der Waals surface area (Å²) in [5.74, 6) is -0.0932. The number of rotatable bonds is 3. The quantitative estimate of drug-likeness (QED) is 0.860. The van der Waals surface area contributed by atoms with Gasteiger partial charge in [-0.2, -0.15) is 0 Å². The molecule has 2 N–H and O–H groups in total. The van der Waals surface area contributed by atoms with Gasteiger partial charge in [-0.05, 0) is 51.1 Å². The average molecular weight is 330 g/mol. The first-order valence-corrected chi connectivity index (χ1v) is 8.27. The number of hydrogen-bond donors (Lipinski definition) is 2. The summed E-state index contributed by atoms with van der Waals surface area (Å²) < 4.78 is 1.14. The van der Waals surface area contributed by atoms with Gasteiger partial charge in [0, 0.05) is 25.2 Å². The average Bonchev–Trinajstić information content (AvgIpc) is 2.61. The summed E-state index contributed by atoms with van der Waals surface area (Å²) in [6.07, 6.45) is 1.85. The van der Waals surface area contributed by atoms with E-state index in [2.05, 4.69) is 10.3 Å². The maximum atomic E-state index is 12.7. The second kappa shape index (κ2) is 6.60. The van der Waals surface area contributed by atoms with E-state index in [1.807, 2.05) is 0 Å². The third-order valence-electron chi connectivity index (χ3n) is 4.72. The molecule has 0 bridgehead atoms. The van der Waals surface area contributed by atoms with E-state index in [-0.39, 0.29) is 17.5 Å². The maximum Gasteiger partial charge on any atom is 0.328 e. The molecule has 1 aromatic heterocycles. The minimum absolute atomic E-state index is 0.0932. The van der Waals surface area contributed by atoms with E-state index in [0.717, 1.165) is 30.5 Å². The predicted molar refractivity (Wildman–Crippen MR) is 92.5 cm³/mol. The lowest BCUT2D eigenvalue weighted by atomic mass is 10.0. The first-order chi connectivity index (χ1) is 11.5. The number of nitrogens with one attached hydrogen (secondary N) is 2. The second-order valence-corrected chi connectivity index (χ2v) is 6.14. The van der Waals surface area contributed by atoms with E-state index in [1.54, 1.807) is 37.1 Å². The Labute approximate surface area is 139 Å². The van der Waals surface area contributed by atoms with E-state index in [0.29, 0.717) is 23.0 Å². The zero-order valence-electron chi connectivity index (χ0n) is 14.0. The van der Waals surface area contributed by atoms with Crippen molar-refractivity contribution in [3.05, 3.63) is 44.6 Å². The van der Waals surface area contributed by atoms with Crippen molar-refractivity contribution in [1.29, 1.82) is 0 Å². The van der Waals surface area contributed by atoms with Gasteiger partial charge in [-0.1, -0.05) is 0 Å². The minimum atomic E-state index is -0.452. The smallest absolute Gasteiger partial charge is 0.328 e. The van der Waals surface area contributed by atoms with Crippen molar-refractivity contribution < 1.29 is 4.79 Å². The summed E-state index contributed by atoms with van der Waals surface area (Å²) in [4.78, 5) is 41.4. The Kier molecular flexibility index (Phi) is 4.53. The fourth-order valence-corrected chi connectivity index (χ4v) is 3.24. The topological polar surface area (TPSA) is 87.2 Å². The largest absolute Gasteiger partial charge is 0.339 e. The molecule has 7 nitrogen and oxygen atoms in total. The summed E-state index contributed by atoms with van der Waals surface area (Å²) >= 11 is 0. The predicted octanol–water partition coefficient (Wildman–Crippen LogP) is 0.534. The Morgan fingerprint density at radius 3 is 2.67 bits per heavy atom. The van der Waals surface area contributed by atoms with Crippen molar-refractivity contribution in [2.45, 2.75) is 32.4 Å². The Balaban J connectivity index is 1.97. The molecule has 1 aliphatic rings. The van der Waals surface area contributed by atoms with Gasteiger partial charge in [-0.15, -0.1) is 0 Å². The molecule has 1 saturated heterocycles. The van der Waals surface area contributed by atoms with Crippen LogP contribution in [0.2, 0.25) is 0 Å². The summed E-state index contributed by atoms with van der Waals surface area (Å²) in [6, 6.07) is 5.07. The number of fused-ring (bicyclic) bond motifs is 1. The van der Waals surface area contributed by atoms with Crippen molar-refractivity contribution >= 4 is 16.8 Å². The van der Waals surface area contributed by atoms with E-state index in [1.165, 1.54) is 0 Å². The van der Waals surface area contributed by atoms with Crippen LogP contribution in [0.25, 0.3) is 10.9 Å². The monoisotopic (exact) mass is 330 g/mol. The lowest BCUT2D eigenvalue weighted by Gasteiger charge is -2.31. The van der Waals surface area contributed by atoms with Crippen molar-refractivity contribution in [1.82, 2.24) is 19.8 Å². The second-order valence-electron chi connectivity index (χ2n) is 6.14. The number of benzene rings is 1. The third-order valence-corrected chi connectivity index (χ3v) is 4.72. The number of carbonyl (C=O) groups excluding carboxylic acids is 1. The van der Waals surface area contributed by atoms with Gasteiger partial charge < -0.3 is 15.2 Å². The lowest BCUT2D eigenvalue weighted by Crippen LogP contribution is -2.44. The van der Waals surface area contributed by atoms with Gasteiger partial charge in [0.1, 0.15) is 0 Å². The summed E-state index contributed by atoms with van der Waals surface area (Å²) in [5.41, 5.74) is 0.0976. The molecule has 0 radical (unpaired) electrons. The van der Waals surface area contributed by atoms with Crippen molar-refractivity contribution in [3.8, 4) is 0 Å². The molecule has 1 aromatic carbocycles. The molecule has 0 atom stereocenters. The van der Waals surface area contributed by atoms with Crippen LogP contribution in [-0.2, 0) is 6.54 Å². The van der Waals surface area contributed by atoms with Crippen LogP contribution < -0.4 is 16.6 Å². The van der Waals surface area contributed by atoms with Gasteiger partial charge in [0.25, 0.3) is 11.5 Å². The van der Waals surface area contributed by atoms with Crippen LogP contribution in [0, 0.1) is 0 Å². The van der Waals surface area contributed by atoms with Gasteiger partial charge in [-0.25, -0.2) is 4.79 Å². The molecule has 1 aliphatic heterocycles. The number of aromatic nitrogens is 2. The lowest BCUT2D eigenvalue weighted by molar-refractivity contribution is 0.0703. The molecule has 2 heterocycles. The van der Waals surface area contributed by atoms with E-state index in [9.17, 15) is 14.4 Å². The maximum absolute atomic E-state index is 12.7. The Morgan fingerprint density at radius 1 is 1.29 bits per heavy atom. The van der Waals surface area contributed by atoms with Crippen LogP contribution >= 0.6 is 0 Å². The molecule has 3 rings (SSSR count). The van der Waals surface area contributed by atoms with Crippen LogP contribution in [0.1, 0.15) is 30.1 Å². The minimum Gasteiger partial charge on any atom is -0.339 e. The van der Waals surface area contributed by atoms with Crippen molar-refractivity contribution in [3.63, 3.8) is 0 Å². The van der Waals surface area contributed by atoms with Gasteiger partial charge in [0.05, 0.1) is 10.9 Å². The standard InChI is InChI=1S/C17H22N4O3/c1-3-21-16(23)13-5-4-11(10-14(13)19-17(21)24)15(22)20(2)12-6-8-18-9-7-12/h4-5,10,12,18H,3,6-9H2,1-2H3,(H,19,24). The third kappa shape index (κ3) is 2.87. The molecule has 1 amide bonds. The first-order valence-electron chi connectivity index (χ1n) is 8.27. The van der Waals surface area contributed by atoms with Gasteiger partial charge in [0.2, 0.25) is 0 Å². The number of piperidine rings is 1. The molecule has 24 heavy (non-hydrogen) atoms. The Bertz CT molecular complexity index is 878. The highest BCUT2D eigenvalue weighted by Crippen LogP contribution is 2.16. The molecule has 0 unspecified atom stereocenters. The van der Waals surface area contributed by atoms with E-state index >= 15 is 0 Å². The fourth-order valence-electron chi connectivity index (χ4n) is 3.24. The number of hydrogen-bond acceptors (Lipinski definition) is 4. The zero-order valence-corrected chi connectivity index (χ0v) is 14.0. The Morgan fingerprint density at radius 2 is 2.00 bits per heavy atom. The zero-order chi connectivity index (χ0) is 17.3. The van der Waals surface area contributed by atoms with Crippen molar-refractivity contribution in [2.75, 3.05) is 20.1 Å². The van der Waals surface area contributed by atoms with E-state index in [4.69, 9.17) is 0 Å². The highest BCUT2D eigenvalue weighted by atomic mass is 16.2. The molecule has 0 spiro atoms. The number of carbonyl (C=O) groups is 1. The van der Waals surface area contributed by atoms with Crippen LogP contribution in [0.4, 0.5) is 0 Å². The number of aromatic amines is 1. The Hall–Kier alpha value is -2.41. The van der Waals surface area contributed by atoms with Gasteiger partial charge >= 0.3 is 5.69 Å².